The van der Waals surface area contributed by atoms with Crippen LogP contribution in [0.15, 0.2) is 59.3 Å². The van der Waals surface area contributed by atoms with Gasteiger partial charge in [0.2, 0.25) is 12.3 Å². The SMILES string of the molecule is c1ccc2sc(COc3ccc(-c4nnco4)cc3)nc2c1. The van der Waals surface area contributed by atoms with Crippen LogP contribution in [0.2, 0.25) is 0 Å². The Bertz CT molecular complexity index is 852. The smallest absolute Gasteiger partial charge is 0.247 e. The molecule has 0 aliphatic heterocycles. The molecule has 0 fully saturated rings. The Morgan fingerprint density at radius 3 is 2.68 bits per heavy atom. The van der Waals surface area contributed by atoms with Gasteiger partial charge in [-0.1, -0.05) is 12.1 Å². The molecule has 4 rings (SSSR count). The topological polar surface area (TPSA) is 61.0 Å². The van der Waals surface area contributed by atoms with Gasteiger partial charge in [-0.3, -0.25) is 0 Å². The molecule has 2 aromatic heterocycles. The van der Waals surface area contributed by atoms with E-state index in [1.807, 2.05) is 42.5 Å². The van der Waals surface area contributed by atoms with Gasteiger partial charge in [-0.05, 0) is 36.4 Å². The van der Waals surface area contributed by atoms with Crippen LogP contribution in [0.1, 0.15) is 5.01 Å². The molecule has 0 radical (unpaired) electrons. The first kappa shape index (κ1) is 13.0. The lowest BCUT2D eigenvalue weighted by Gasteiger charge is -2.04. The minimum Gasteiger partial charge on any atom is -0.486 e. The van der Waals surface area contributed by atoms with Gasteiger partial charge in [0.1, 0.15) is 17.4 Å². The Morgan fingerprint density at radius 2 is 1.91 bits per heavy atom. The Kier molecular flexibility index (Phi) is 3.29. The third kappa shape index (κ3) is 2.56. The van der Waals surface area contributed by atoms with Crippen molar-refractivity contribution in [3.8, 4) is 17.2 Å². The average Bonchev–Trinajstić information content (AvgIpc) is 3.22. The van der Waals surface area contributed by atoms with E-state index in [1.165, 1.54) is 11.1 Å². The summed E-state index contributed by atoms with van der Waals surface area (Å²) < 4.78 is 12.1. The van der Waals surface area contributed by atoms with Gasteiger partial charge in [0.15, 0.2) is 0 Å². The molecule has 5 nitrogen and oxygen atoms in total. The van der Waals surface area contributed by atoms with Crippen LogP contribution in [-0.2, 0) is 6.61 Å². The summed E-state index contributed by atoms with van der Waals surface area (Å²) in [6, 6.07) is 15.6. The second-order valence-electron chi connectivity index (χ2n) is 4.63. The first-order chi connectivity index (χ1) is 10.9. The number of hydrogen-bond acceptors (Lipinski definition) is 6. The van der Waals surface area contributed by atoms with Crippen LogP contribution in [0.25, 0.3) is 21.7 Å². The quantitative estimate of drug-likeness (QED) is 0.571. The number of thiazole rings is 1. The highest BCUT2D eigenvalue weighted by Gasteiger charge is 2.06. The minimum absolute atomic E-state index is 0.458. The second kappa shape index (κ2) is 5.57. The van der Waals surface area contributed by atoms with E-state index in [4.69, 9.17) is 9.15 Å². The summed E-state index contributed by atoms with van der Waals surface area (Å²) in [5.74, 6) is 1.28. The number of para-hydroxylation sites is 1. The first-order valence-corrected chi connectivity index (χ1v) is 7.54. The fourth-order valence-electron chi connectivity index (χ4n) is 2.12. The van der Waals surface area contributed by atoms with Crippen LogP contribution in [0, 0.1) is 0 Å². The van der Waals surface area contributed by atoms with Gasteiger partial charge >= 0.3 is 0 Å². The zero-order valence-electron chi connectivity index (χ0n) is 11.5. The van der Waals surface area contributed by atoms with Crippen molar-refractivity contribution in [2.75, 3.05) is 0 Å². The molecule has 0 unspecified atom stereocenters. The van der Waals surface area contributed by atoms with Crippen LogP contribution in [0.4, 0.5) is 0 Å². The zero-order valence-corrected chi connectivity index (χ0v) is 12.3. The van der Waals surface area contributed by atoms with Gasteiger partial charge in [-0.25, -0.2) is 4.98 Å². The van der Waals surface area contributed by atoms with Crippen molar-refractivity contribution >= 4 is 21.6 Å². The molecule has 2 heterocycles. The summed E-state index contributed by atoms with van der Waals surface area (Å²) in [4.78, 5) is 4.55. The zero-order chi connectivity index (χ0) is 14.8. The maximum absolute atomic E-state index is 5.78. The molecule has 0 aliphatic rings. The van der Waals surface area contributed by atoms with Crippen LogP contribution >= 0.6 is 11.3 Å². The number of nitrogens with zero attached hydrogens (tertiary/aromatic N) is 3. The van der Waals surface area contributed by atoms with E-state index in [0.29, 0.717) is 12.5 Å². The lowest BCUT2D eigenvalue weighted by Crippen LogP contribution is -1.94. The molecule has 0 amide bonds. The molecular formula is C16H11N3O2S. The first-order valence-electron chi connectivity index (χ1n) is 6.72. The van der Waals surface area contributed by atoms with Gasteiger partial charge in [-0.2, -0.15) is 0 Å². The molecule has 0 saturated carbocycles. The van der Waals surface area contributed by atoms with Gasteiger partial charge in [0, 0.05) is 5.56 Å². The lowest BCUT2D eigenvalue weighted by atomic mass is 10.2. The van der Waals surface area contributed by atoms with E-state index in [-0.39, 0.29) is 0 Å². The maximum atomic E-state index is 5.78. The number of aromatic nitrogens is 3. The molecule has 0 N–H and O–H groups in total. The van der Waals surface area contributed by atoms with Crippen LogP contribution in [-0.4, -0.2) is 15.2 Å². The second-order valence-corrected chi connectivity index (χ2v) is 5.75. The van der Waals surface area contributed by atoms with E-state index < -0.39 is 0 Å². The molecule has 22 heavy (non-hydrogen) atoms. The monoisotopic (exact) mass is 309 g/mol. The van der Waals surface area contributed by atoms with Crippen molar-refractivity contribution < 1.29 is 9.15 Å². The van der Waals surface area contributed by atoms with E-state index in [0.717, 1.165) is 21.8 Å². The van der Waals surface area contributed by atoms with Crippen molar-refractivity contribution in [2.45, 2.75) is 6.61 Å². The van der Waals surface area contributed by atoms with Crippen LogP contribution < -0.4 is 4.74 Å². The summed E-state index contributed by atoms with van der Waals surface area (Å²) in [6.07, 6.45) is 1.31. The molecule has 0 bridgehead atoms. The highest BCUT2D eigenvalue weighted by Crippen LogP contribution is 2.24. The summed E-state index contributed by atoms with van der Waals surface area (Å²) in [6.45, 7) is 0.458. The summed E-state index contributed by atoms with van der Waals surface area (Å²) >= 11 is 1.65. The van der Waals surface area contributed by atoms with E-state index in [9.17, 15) is 0 Å². The molecule has 0 aliphatic carbocycles. The van der Waals surface area contributed by atoms with Crippen LogP contribution in [0.5, 0.6) is 5.75 Å². The predicted octanol–water partition coefficient (Wildman–Crippen LogP) is 3.93. The molecule has 0 saturated heterocycles. The number of hydrogen-bond donors (Lipinski definition) is 0. The normalized spacial score (nSPS) is 10.9. The lowest BCUT2D eigenvalue weighted by molar-refractivity contribution is 0.306. The summed E-state index contributed by atoms with van der Waals surface area (Å²) in [7, 11) is 0. The number of fused-ring (bicyclic) bond motifs is 1. The highest BCUT2D eigenvalue weighted by atomic mass is 32.1. The minimum atomic E-state index is 0.458. The molecule has 2 aromatic carbocycles. The summed E-state index contributed by atoms with van der Waals surface area (Å²) in [5.41, 5.74) is 1.88. The molecule has 0 atom stereocenters. The van der Waals surface area contributed by atoms with Crippen molar-refractivity contribution in [2.24, 2.45) is 0 Å². The summed E-state index contributed by atoms with van der Waals surface area (Å²) in [5, 5.41) is 8.49. The number of ether oxygens (including phenoxy) is 1. The third-order valence-electron chi connectivity index (χ3n) is 3.16. The van der Waals surface area contributed by atoms with Crippen molar-refractivity contribution in [3.63, 3.8) is 0 Å². The van der Waals surface area contributed by atoms with Gasteiger partial charge in [0.05, 0.1) is 10.2 Å². The molecular weight excluding hydrogens is 298 g/mol. The average molecular weight is 309 g/mol. The standard InChI is InChI=1S/C16H11N3O2S/c1-2-4-14-13(3-1)18-15(22-14)9-20-12-7-5-11(6-8-12)16-19-17-10-21-16/h1-8,10H,9H2. The predicted molar refractivity (Wildman–Crippen MR) is 83.7 cm³/mol. The largest absolute Gasteiger partial charge is 0.486 e. The Hall–Kier alpha value is -2.73. The van der Waals surface area contributed by atoms with Gasteiger partial charge in [-0.15, -0.1) is 21.5 Å². The van der Waals surface area contributed by atoms with Gasteiger partial charge < -0.3 is 9.15 Å². The number of benzene rings is 2. The fraction of sp³-hybridized carbons (Fsp3) is 0.0625. The Labute approximate surface area is 130 Å². The van der Waals surface area contributed by atoms with Crippen molar-refractivity contribution in [3.05, 3.63) is 59.9 Å². The maximum Gasteiger partial charge on any atom is 0.247 e. The third-order valence-corrected chi connectivity index (χ3v) is 4.17. The van der Waals surface area contributed by atoms with Gasteiger partial charge in [0.25, 0.3) is 0 Å². The number of rotatable bonds is 4. The van der Waals surface area contributed by atoms with Crippen LogP contribution in [0.3, 0.4) is 0 Å². The highest BCUT2D eigenvalue weighted by molar-refractivity contribution is 7.18. The molecule has 108 valence electrons. The molecule has 4 aromatic rings. The Morgan fingerprint density at radius 1 is 1.05 bits per heavy atom. The molecule has 0 spiro atoms. The van der Waals surface area contributed by atoms with E-state index >= 15 is 0 Å². The van der Waals surface area contributed by atoms with Crippen molar-refractivity contribution in [1.29, 1.82) is 0 Å². The van der Waals surface area contributed by atoms with E-state index in [1.54, 1.807) is 11.3 Å². The van der Waals surface area contributed by atoms with E-state index in [2.05, 4.69) is 21.2 Å². The molecule has 6 heteroatoms. The fourth-order valence-corrected chi connectivity index (χ4v) is 3.00. The van der Waals surface area contributed by atoms with Crippen molar-refractivity contribution in [1.82, 2.24) is 15.2 Å². The Balaban J connectivity index is 1.47.